The molecule has 0 N–H and O–H groups in total. The number of ether oxygens (including phenoxy) is 1. The van der Waals surface area contributed by atoms with E-state index in [0.29, 0.717) is 12.5 Å². The van der Waals surface area contributed by atoms with Crippen molar-refractivity contribution in [2.24, 2.45) is 4.99 Å². The third-order valence-corrected chi connectivity index (χ3v) is 3.88. The fourth-order valence-corrected chi connectivity index (χ4v) is 3.09. The van der Waals surface area contributed by atoms with Crippen molar-refractivity contribution in [3.8, 4) is 5.75 Å². The molecule has 1 aromatic carbocycles. The molecule has 0 amide bonds. The smallest absolute Gasteiger partial charge is 0.234 e. The first-order valence-corrected chi connectivity index (χ1v) is 6.18. The number of fused-ring (bicyclic) bond motifs is 1. The summed E-state index contributed by atoms with van der Waals surface area (Å²) in [7, 11) is 1.66. The monoisotopic (exact) mass is 235 g/mol. The highest BCUT2D eigenvalue weighted by Gasteiger charge is 2.20. The number of aliphatic imine (C=N–C) groups is 1. The van der Waals surface area contributed by atoms with E-state index in [1.54, 1.807) is 13.2 Å². The Labute approximate surface area is 98.9 Å². The second-order valence-electron chi connectivity index (χ2n) is 3.67. The van der Waals surface area contributed by atoms with Crippen molar-refractivity contribution in [1.29, 1.82) is 0 Å². The van der Waals surface area contributed by atoms with Crippen molar-refractivity contribution in [2.45, 2.75) is 17.2 Å². The zero-order valence-electron chi connectivity index (χ0n) is 9.10. The van der Waals surface area contributed by atoms with E-state index in [4.69, 9.17) is 4.74 Å². The quantitative estimate of drug-likeness (QED) is 0.597. The lowest BCUT2D eigenvalue weighted by Crippen LogP contribution is -2.10. The number of isocyanates is 1. The molecule has 1 unspecified atom stereocenters. The molecule has 0 saturated heterocycles. The average Bonchev–Trinajstić information content (AvgIpc) is 2.35. The molecule has 1 heterocycles. The molecule has 0 spiro atoms. The Morgan fingerprint density at radius 3 is 3.25 bits per heavy atom. The lowest BCUT2D eigenvalue weighted by Gasteiger charge is -2.23. The van der Waals surface area contributed by atoms with Gasteiger partial charge in [0, 0.05) is 10.8 Å². The van der Waals surface area contributed by atoms with E-state index in [-0.39, 0.29) is 0 Å². The number of rotatable bonds is 3. The van der Waals surface area contributed by atoms with Crippen LogP contribution in [0.25, 0.3) is 0 Å². The molecule has 84 valence electrons. The minimum absolute atomic E-state index is 0.327. The molecule has 1 aliphatic rings. The summed E-state index contributed by atoms with van der Waals surface area (Å²) >= 11 is 1.85. The number of thioether (sulfide) groups is 1. The van der Waals surface area contributed by atoms with E-state index in [1.807, 2.05) is 23.9 Å². The summed E-state index contributed by atoms with van der Waals surface area (Å²) in [6.07, 6.45) is 2.66. The summed E-state index contributed by atoms with van der Waals surface area (Å²) in [5, 5.41) is 0. The van der Waals surface area contributed by atoms with Gasteiger partial charge in [-0.15, -0.1) is 11.8 Å². The van der Waals surface area contributed by atoms with Crippen LogP contribution in [0.15, 0.2) is 28.1 Å². The summed E-state index contributed by atoms with van der Waals surface area (Å²) in [6.45, 7) is 0.532. The van der Waals surface area contributed by atoms with E-state index < -0.39 is 0 Å². The van der Waals surface area contributed by atoms with E-state index in [1.165, 1.54) is 10.5 Å². The van der Waals surface area contributed by atoms with Gasteiger partial charge in [-0.2, -0.15) is 0 Å². The number of carbonyl (C=O) groups excluding carboxylic acids is 1. The van der Waals surface area contributed by atoms with Crippen LogP contribution in [0, 0.1) is 0 Å². The molecule has 0 aromatic heterocycles. The van der Waals surface area contributed by atoms with Gasteiger partial charge in [-0.25, -0.2) is 9.79 Å². The lowest BCUT2D eigenvalue weighted by molar-refractivity contribution is 0.413. The van der Waals surface area contributed by atoms with Gasteiger partial charge < -0.3 is 4.74 Å². The molecule has 0 radical (unpaired) electrons. The van der Waals surface area contributed by atoms with Crippen molar-refractivity contribution in [1.82, 2.24) is 0 Å². The molecule has 16 heavy (non-hydrogen) atoms. The highest BCUT2D eigenvalue weighted by atomic mass is 32.2. The minimum atomic E-state index is 0.327. The number of methoxy groups -OCH3 is 1. The average molecular weight is 235 g/mol. The van der Waals surface area contributed by atoms with Crippen molar-refractivity contribution < 1.29 is 9.53 Å². The molecule has 0 aliphatic carbocycles. The van der Waals surface area contributed by atoms with Gasteiger partial charge in [-0.1, -0.05) is 0 Å². The maximum Gasteiger partial charge on any atom is 0.234 e. The van der Waals surface area contributed by atoms with Crippen LogP contribution in [0.3, 0.4) is 0 Å². The van der Waals surface area contributed by atoms with Gasteiger partial charge in [-0.05, 0) is 35.9 Å². The summed E-state index contributed by atoms with van der Waals surface area (Å²) in [4.78, 5) is 15.1. The predicted octanol–water partition coefficient (Wildman–Crippen LogP) is 2.61. The van der Waals surface area contributed by atoms with Crippen LogP contribution in [-0.4, -0.2) is 25.5 Å². The van der Waals surface area contributed by atoms with E-state index in [0.717, 1.165) is 17.9 Å². The Bertz CT molecular complexity index is 427. The molecule has 0 fully saturated rings. The molecule has 1 atom stereocenters. The molecule has 2 rings (SSSR count). The maximum absolute atomic E-state index is 10.2. The number of hydrogen-bond acceptors (Lipinski definition) is 4. The number of hydrogen-bond donors (Lipinski definition) is 0. The lowest BCUT2D eigenvalue weighted by atomic mass is 9.96. The summed E-state index contributed by atoms with van der Waals surface area (Å²) < 4.78 is 5.22. The molecule has 1 aromatic rings. The van der Waals surface area contributed by atoms with Crippen LogP contribution in [0.2, 0.25) is 0 Å². The molecule has 4 heteroatoms. The zero-order valence-corrected chi connectivity index (χ0v) is 9.92. The molecule has 3 nitrogen and oxygen atoms in total. The first kappa shape index (κ1) is 11.2. The largest absolute Gasteiger partial charge is 0.497 e. The van der Waals surface area contributed by atoms with Crippen LogP contribution >= 0.6 is 11.8 Å². The van der Waals surface area contributed by atoms with E-state index in [9.17, 15) is 4.79 Å². The standard InChI is InChI=1S/C12H13NO2S/c1-15-10-2-3-12-11(6-10)9(4-5-16-12)7-13-8-14/h2-3,6,9H,4-5,7H2,1H3. The van der Waals surface area contributed by atoms with E-state index in [2.05, 4.69) is 11.1 Å². The van der Waals surface area contributed by atoms with Crippen molar-refractivity contribution in [2.75, 3.05) is 19.4 Å². The highest BCUT2D eigenvalue weighted by Crippen LogP contribution is 2.39. The first-order chi connectivity index (χ1) is 7.85. The Morgan fingerprint density at radius 2 is 2.50 bits per heavy atom. The number of benzene rings is 1. The highest BCUT2D eigenvalue weighted by molar-refractivity contribution is 7.99. The summed E-state index contributed by atoms with van der Waals surface area (Å²) in [5.41, 5.74) is 1.25. The van der Waals surface area contributed by atoms with Crippen LogP contribution < -0.4 is 4.74 Å². The Kier molecular flexibility index (Phi) is 3.65. The van der Waals surface area contributed by atoms with Crippen molar-refractivity contribution in [3.05, 3.63) is 23.8 Å². The Hall–Kier alpha value is -1.25. The van der Waals surface area contributed by atoms with Crippen LogP contribution in [0.1, 0.15) is 17.9 Å². The van der Waals surface area contributed by atoms with Crippen LogP contribution in [-0.2, 0) is 4.79 Å². The van der Waals surface area contributed by atoms with E-state index >= 15 is 0 Å². The molecule has 0 saturated carbocycles. The van der Waals surface area contributed by atoms with Crippen LogP contribution in [0.5, 0.6) is 5.75 Å². The summed E-state index contributed by atoms with van der Waals surface area (Å²) in [6, 6.07) is 6.10. The second kappa shape index (κ2) is 5.19. The fraction of sp³-hybridized carbons (Fsp3) is 0.417. The molecule has 0 bridgehead atoms. The SMILES string of the molecule is COc1ccc2c(c1)C(CN=C=O)CCS2. The maximum atomic E-state index is 10.2. The van der Waals surface area contributed by atoms with Gasteiger partial charge in [-0.3, -0.25) is 0 Å². The van der Waals surface area contributed by atoms with Gasteiger partial charge in [0.2, 0.25) is 6.08 Å². The van der Waals surface area contributed by atoms with Gasteiger partial charge >= 0.3 is 0 Å². The minimum Gasteiger partial charge on any atom is -0.497 e. The second-order valence-corrected chi connectivity index (χ2v) is 4.81. The molecule has 1 aliphatic heterocycles. The first-order valence-electron chi connectivity index (χ1n) is 5.19. The number of nitrogens with zero attached hydrogens (tertiary/aromatic N) is 1. The third-order valence-electron chi connectivity index (χ3n) is 2.76. The zero-order chi connectivity index (χ0) is 11.4. The van der Waals surface area contributed by atoms with Gasteiger partial charge in [0.1, 0.15) is 5.75 Å². The van der Waals surface area contributed by atoms with Crippen LogP contribution in [0.4, 0.5) is 0 Å². The normalized spacial score (nSPS) is 18.4. The topological polar surface area (TPSA) is 38.7 Å². The Balaban J connectivity index is 2.31. The summed E-state index contributed by atoms with van der Waals surface area (Å²) in [5.74, 6) is 2.27. The van der Waals surface area contributed by atoms with Gasteiger partial charge in [0.15, 0.2) is 0 Å². The molecular formula is C12H13NO2S. The van der Waals surface area contributed by atoms with Crippen molar-refractivity contribution in [3.63, 3.8) is 0 Å². The van der Waals surface area contributed by atoms with Crippen molar-refractivity contribution >= 4 is 17.8 Å². The third kappa shape index (κ3) is 2.29. The van der Waals surface area contributed by atoms with Gasteiger partial charge in [0.25, 0.3) is 0 Å². The van der Waals surface area contributed by atoms with Gasteiger partial charge in [0.05, 0.1) is 13.7 Å². The fourth-order valence-electron chi connectivity index (χ4n) is 1.91. The molecular weight excluding hydrogens is 222 g/mol. The predicted molar refractivity (Wildman–Crippen MR) is 64.1 cm³/mol. The Morgan fingerprint density at radius 1 is 1.62 bits per heavy atom.